The molecule has 0 unspecified atom stereocenters. The third-order valence-corrected chi connectivity index (χ3v) is 2.79. The first-order valence-electron chi connectivity index (χ1n) is 5.73. The number of carbonyl (C=O) groups is 2. The van der Waals surface area contributed by atoms with Crippen LogP contribution in [0, 0.1) is 0 Å². The number of carboxylic acids is 1. The summed E-state index contributed by atoms with van der Waals surface area (Å²) < 4.78 is 22.8. The highest BCUT2D eigenvalue weighted by atomic mass is 19.2. The fraction of sp³-hybridized carbons (Fsp3) is 0.800. The number of carboxylic acid groups (broad SMARTS) is 1. The summed E-state index contributed by atoms with van der Waals surface area (Å²) in [6.45, 7) is -0.786. The molecule has 0 bridgehead atoms. The van der Waals surface area contributed by atoms with Crippen LogP contribution < -0.4 is 5.73 Å². The summed E-state index contributed by atoms with van der Waals surface area (Å²) in [7, 11) is 0. The highest BCUT2D eigenvalue weighted by Gasteiger charge is 2.58. The third kappa shape index (κ3) is 3.61. The van der Waals surface area contributed by atoms with Gasteiger partial charge in [0, 0.05) is 6.42 Å². The van der Waals surface area contributed by atoms with Gasteiger partial charge in [-0.15, -0.1) is 0 Å². The second-order valence-corrected chi connectivity index (χ2v) is 4.33. The molecule has 10 heteroatoms. The Morgan fingerprint density at radius 3 is 2.55 bits per heavy atom. The lowest BCUT2D eigenvalue weighted by Gasteiger charge is -2.21. The molecule has 1 rings (SSSR count). The van der Waals surface area contributed by atoms with E-state index >= 15 is 0 Å². The van der Waals surface area contributed by atoms with Crippen molar-refractivity contribution in [2.75, 3.05) is 6.61 Å². The van der Waals surface area contributed by atoms with Crippen LogP contribution >= 0.6 is 0 Å². The average Bonchev–Trinajstić information content (AvgIpc) is 2.59. The molecular formula is C10H16FNO8. The lowest BCUT2D eigenvalue weighted by molar-refractivity contribution is -0.252. The van der Waals surface area contributed by atoms with E-state index in [1.807, 2.05) is 0 Å². The van der Waals surface area contributed by atoms with Crippen LogP contribution in [-0.2, 0) is 19.1 Å². The lowest BCUT2D eigenvalue weighted by Crippen LogP contribution is -2.46. The number of ether oxygens (including phenoxy) is 2. The smallest absolute Gasteiger partial charge is 0.320 e. The molecule has 1 fully saturated rings. The van der Waals surface area contributed by atoms with Gasteiger partial charge in [0.25, 0.3) is 12.1 Å². The second kappa shape index (κ2) is 6.41. The first-order valence-corrected chi connectivity index (χ1v) is 5.73. The van der Waals surface area contributed by atoms with Gasteiger partial charge in [-0.05, 0) is 6.42 Å². The van der Waals surface area contributed by atoms with Gasteiger partial charge in [0.1, 0.15) is 18.2 Å². The van der Waals surface area contributed by atoms with Gasteiger partial charge in [-0.3, -0.25) is 9.59 Å². The largest absolute Gasteiger partial charge is 0.480 e. The Labute approximate surface area is 112 Å². The van der Waals surface area contributed by atoms with Gasteiger partial charge in [0.15, 0.2) is 0 Å². The number of halogens is 1. The van der Waals surface area contributed by atoms with Crippen LogP contribution in [0.3, 0.4) is 0 Å². The number of nitrogens with two attached hydrogens (primary N) is 1. The summed E-state index contributed by atoms with van der Waals surface area (Å²) in [6, 6.07) is -1.29. The van der Waals surface area contributed by atoms with E-state index in [0.717, 1.165) is 0 Å². The van der Waals surface area contributed by atoms with Crippen molar-refractivity contribution < 1.29 is 43.9 Å². The molecule has 1 aliphatic heterocycles. The zero-order valence-corrected chi connectivity index (χ0v) is 10.3. The Kier molecular flexibility index (Phi) is 5.36. The fourth-order valence-corrected chi connectivity index (χ4v) is 1.56. The first-order chi connectivity index (χ1) is 9.20. The number of esters is 1. The van der Waals surface area contributed by atoms with E-state index in [9.17, 15) is 24.2 Å². The summed E-state index contributed by atoms with van der Waals surface area (Å²) in [5.74, 6) is -5.74. The van der Waals surface area contributed by atoms with Gasteiger partial charge in [-0.2, -0.15) is 0 Å². The fourth-order valence-electron chi connectivity index (χ4n) is 1.56. The maximum absolute atomic E-state index is 13.7. The van der Waals surface area contributed by atoms with Crippen molar-refractivity contribution in [3.8, 4) is 0 Å². The number of hydrogen-bond donors (Lipinski definition) is 5. The van der Waals surface area contributed by atoms with Crippen LogP contribution in [0.5, 0.6) is 0 Å². The average molecular weight is 297 g/mol. The zero-order chi connectivity index (χ0) is 15.5. The molecule has 0 aliphatic carbocycles. The molecule has 1 aliphatic rings. The molecule has 20 heavy (non-hydrogen) atoms. The van der Waals surface area contributed by atoms with Crippen molar-refractivity contribution in [2.24, 2.45) is 5.73 Å². The summed E-state index contributed by atoms with van der Waals surface area (Å²) in [5.41, 5.74) is 5.16. The van der Waals surface area contributed by atoms with Crippen molar-refractivity contribution in [3.63, 3.8) is 0 Å². The van der Waals surface area contributed by atoms with E-state index in [4.69, 9.17) is 15.9 Å². The molecular weight excluding hydrogens is 281 g/mol. The molecule has 9 nitrogen and oxygen atoms in total. The van der Waals surface area contributed by atoms with E-state index in [-0.39, 0.29) is 6.42 Å². The molecule has 0 saturated carbocycles. The third-order valence-electron chi connectivity index (χ3n) is 2.79. The highest BCUT2D eigenvalue weighted by Crippen LogP contribution is 2.33. The van der Waals surface area contributed by atoms with Crippen molar-refractivity contribution in [1.82, 2.24) is 0 Å². The van der Waals surface area contributed by atoms with Crippen LogP contribution in [0.2, 0.25) is 0 Å². The summed E-state index contributed by atoms with van der Waals surface area (Å²) >= 11 is 0. The van der Waals surface area contributed by atoms with E-state index in [1.54, 1.807) is 0 Å². The van der Waals surface area contributed by atoms with E-state index in [2.05, 4.69) is 9.47 Å². The molecule has 1 heterocycles. The van der Waals surface area contributed by atoms with Crippen molar-refractivity contribution >= 4 is 11.9 Å². The molecule has 5 atom stereocenters. The van der Waals surface area contributed by atoms with Gasteiger partial charge < -0.3 is 35.6 Å². The SMILES string of the molecule is N[C@@H](CCC(=O)O[C@H]1O[C@H](CO)[C@@H](O)[C@]1(O)F)C(=O)O. The molecule has 6 N–H and O–H groups in total. The Morgan fingerprint density at radius 1 is 1.50 bits per heavy atom. The standard InChI is InChI=1S/C10H16FNO8/c11-10(18)7(15)5(3-13)19-9(10)20-6(14)2-1-4(12)8(16)17/h4-5,7,9,13,15,18H,1-3,12H2,(H,16,17)/t4-,5+,7+,9+,10+/m0/s1. The second-order valence-electron chi connectivity index (χ2n) is 4.33. The van der Waals surface area contributed by atoms with E-state index in [0.29, 0.717) is 0 Å². The highest BCUT2D eigenvalue weighted by molar-refractivity contribution is 5.75. The predicted molar refractivity (Wildman–Crippen MR) is 58.7 cm³/mol. The van der Waals surface area contributed by atoms with Crippen LogP contribution in [-0.4, -0.2) is 69.4 Å². The first kappa shape index (κ1) is 16.7. The van der Waals surface area contributed by atoms with E-state index in [1.165, 1.54) is 0 Å². The van der Waals surface area contributed by atoms with Crippen LogP contribution in [0.15, 0.2) is 0 Å². The number of hydrogen-bond acceptors (Lipinski definition) is 8. The number of aliphatic hydroxyl groups excluding tert-OH is 2. The molecule has 0 aromatic heterocycles. The van der Waals surface area contributed by atoms with Crippen LogP contribution in [0.4, 0.5) is 4.39 Å². The van der Waals surface area contributed by atoms with Gasteiger partial charge in [0.05, 0.1) is 6.61 Å². The topological polar surface area (TPSA) is 160 Å². The maximum atomic E-state index is 13.7. The number of aliphatic carboxylic acids is 1. The summed E-state index contributed by atoms with van der Waals surface area (Å²) in [4.78, 5) is 21.8. The number of rotatable bonds is 6. The van der Waals surface area contributed by atoms with Gasteiger partial charge in [0.2, 0.25) is 0 Å². The Hall–Kier alpha value is -1.33. The predicted octanol–water partition coefficient (Wildman–Crippen LogP) is -2.54. The van der Waals surface area contributed by atoms with Gasteiger partial charge >= 0.3 is 11.9 Å². The van der Waals surface area contributed by atoms with Crippen LogP contribution in [0.25, 0.3) is 0 Å². The monoisotopic (exact) mass is 297 g/mol. The van der Waals surface area contributed by atoms with Crippen molar-refractivity contribution in [1.29, 1.82) is 0 Å². The molecule has 0 aromatic carbocycles. The molecule has 0 amide bonds. The van der Waals surface area contributed by atoms with Gasteiger partial charge in [-0.25, -0.2) is 4.39 Å². The van der Waals surface area contributed by atoms with Crippen molar-refractivity contribution in [3.05, 3.63) is 0 Å². The number of carbonyl (C=O) groups excluding carboxylic acids is 1. The minimum Gasteiger partial charge on any atom is -0.480 e. The normalized spacial score (nSPS) is 34.8. The molecule has 0 radical (unpaired) electrons. The molecule has 0 aromatic rings. The molecule has 1 saturated heterocycles. The number of aliphatic hydroxyl groups is 3. The van der Waals surface area contributed by atoms with Crippen molar-refractivity contribution in [2.45, 2.75) is 43.2 Å². The molecule has 116 valence electrons. The zero-order valence-electron chi connectivity index (χ0n) is 10.3. The van der Waals surface area contributed by atoms with E-state index < -0.39 is 55.4 Å². The molecule has 0 spiro atoms. The minimum atomic E-state index is -3.36. The summed E-state index contributed by atoms with van der Waals surface area (Å²) in [5, 5.41) is 35.9. The number of alkyl halides is 1. The lowest BCUT2D eigenvalue weighted by atomic mass is 10.1. The Balaban J connectivity index is 2.52. The minimum absolute atomic E-state index is 0.252. The van der Waals surface area contributed by atoms with Crippen LogP contribution in [0.1, 0.15) is 12.8 Å². The Morgan fingerprint density at radius 2 is 2.10 bits per heavy atom. The maximum Gasteiger partial charge on any atom is 0.320 e. The summed E-state index contributed by atoms with van der Waals surface area (Å²) in [6.07, 6.45) is -6.32. The Bertz CT molecular complexity index is 376. The quantitative estimate of drug-likeness (QED) is 0.333. The van der Waals surface area contributed by atoms with Gasteiger partial charge in [-0.1, -0.05) is 0 Å².